The van der Waals surface area contributed by atoms with E-state index < -0.39 is 0 Å². The Morgan fingerprint density at radius 2 is 2.29 bits per heavy atom. The van der Waals surface area contributed by atoms with Gasteiger partial charge in [-0.3, -0.25) is 4.90 Å². The molecule has 0 fully saturated rings. The van der Waals surface area contributed by atoms with Crippen LogP contribution in [0.3, 0.4) is 0 Å². The van der Waals surface area contributed by atoms with E-state index in [1.165, 1.54) is 0 Å². The van der Waals surface area contributed by atoms with Gasteiger partial charge in [0.2, 0.25) is 0 Å². The summed E-state index contributed by atoms with van der Waals surface area (Å²) >= 11 is 1.67. The van der Waals surface area contributed by atoms with E-state index >= 15 is 0 Å². The predicted molar refractivity (Wildman–Crippen MR) is 84.3 cm³/mol. The van der Waals surface area contributed by atoms with Crippen LogP contribution in [0.25, 0.3) is 0 Å². The van der Waals surface area contributed by atoms with E-state index in [4.69, 9.17) is 4.74 Å². The molecule has 1 aliphatic rings. The minimum Gasteiger partial charge on any atom is -0.497 e. The van der Waals surface area contributed by atoms with Crippen molar-refractivity contribution in [3.8, 4) is 5.75 Å². The summed E-state index contributed by atoms with van der Waals surface area (Å²) in [5.74, 6) is 1.55. The number of thioether (sulfide) groups is 1. The zero-order valence-corrected chi connectivity index (χ0v) is 12.4. The summed E-state index contributed by atoms with van der Waals surface area (Å²) in [5.41, 5.74) is 1.57. The zero-order chi connectivity index (χ0) is 14.7. The standard InChI is InChI=1S/C15H15N3O2S/c1-20-12-5-2-4-11(10-12)17-15(19)18-8-9-21-14-13(18)6-3-7-16-14/h2-7,10H,8-9H2,1H3,(H,17,19). The zero-order valence-electron chi connectivity index (χ0n) is 11.6. The Balaban J connectivity index is 1.80. The van der Waals surface area contributed by atoms with Gasteiger partial charge in [-0.15, -0.1) is 11.8 Å². The van der Waals surface area contributed by atoms with E-state index in [-0.39, 0.29) is 6.03 Å². The minimum atomic E-state index is -0.155. The summed E-state index contributed by atoms with van der Waals surface area (Å²) in [6.45, 7) is 0.666. The Morgan fingerprint density at radius 1 is 1.38 bits per heavy atom. The maximum Gasteiger partial charge on any atom is 0.326 e. The van der Waals surface area contributed by atoms with Gasteiger partial charge in [-0.25, -0.2) is 9.78 Å². The molecule has 1 N–H and O–H groups in total. The molecule has 0 saturated carbocycles. The summed E-state index contributed by atoms with van der Waals surface area (Å²) in [6.07, 6.45) is 1.75. The number of amides is 2. The predicted octanol–water partition coefficient (Wildman–Crippen LogP) is 3.23. The minimum absolute atomic E-state index is 0.155. The Kier molecular flexibility index (Phi) is 3.96. The van der Waals surface area contributed by atoms with Gasteiger partial charge in [0.1, 0.15) is 10.8 Å². The number of methoxy groups -OCH3 is 1. The number of hydrogen-bond acceptors (Lipinski definition) is 4. The van der Waals surface area contributed by atoms with Crippen LogP contribution in [0.1, 0.15) is 0 Å². The third kappa shape index (κ3) is 2.95. The van der Waals surface area contributed by atoms with Crippen LogP contribution in [-0.2, 0) is 0 Å². The van der Waals surface area contributed by atoms with Crippen LogP contribution in [-0.4, -0.2) is 30.4 Å². The highest BCUT2D eigenvalue weighted by molar-refractivity contribution is 7.99. The summed E-state index contributed by atoms with van der Waals surface area (Å²) in [7, 11) is 1.60. The Bertz CT molecular complexity index is 663. The van der Waals surface area contributed by atoms with Crippen LogP contribution < -0.4 is 15.0 Å². The summed E-state index contributed by atoms with van der Waals surface area (Å²) < 4.78 is 5.16. The molecule has 1 aromatic heterocycles. The fraction of sp³-hybridized carbons (Fsp3) is 0.200. The number of hydrogen-bond donors (Lipinski definition) is 1. The van der Waals surface area contributed by atoms with Crippen molar-refractivity contribution >= 4 is 29.2 Å². The van der Waals surface area contributed by atoms with Crippen molar-refractivity contribution in [3.05, 3.63) is 42.6 Å². The van der Waals surface area contributed by atoms with Crippen molar-refractivity contribution in [3.63, 3.8) is 0 Å². The van der Waals surface area contributed by atoms with Gasteiger partial charge in [0.25, 0.3) is 0 Å². The first-order chi connectivity index (χ1) is 10.3. The summed E-state index contributed by atoms with van der Waals surface area (Å²) in [4.78, 5) is 18.5. The number of benzene rings is 1. The van der Waals surface area contributed by atoms with Crippen LogP contribution in [0.15, 0.2) is 47.6 Å². The number of nitrogens with one attached hydrogen (secondary N) is 1. The smallest absolute Gasteiger partial charge is 0.326 e. The lowest BCUT2D eigenvalue weighted by molar-refractivity contribution is 0.257. The first-order valence-corrected chi connectivity index (χ1v) is 7.57. The lowest BCUT2D eigenvalue weighted by Gasteiger charge is -2.28. The maximum absolute atomic E-state index is 12.5. The van der Waals surface area contributed by atoms with Gasteiger partial charge >= 0.3 is 6.03 Å². The number of urea groups is 1. The van der Waals surface area contributed by atoms with Crippen molar-refractivity contribution in [1.82, 2.24) is 4.98 Å². The second kappa shape index (κ2) is 6.05. The number of pyridine rings is 1. The molecule has 0 aliphatic carbocycles. The number of aromatic nitrogens is 1. The fourth-order valence-electron chi connectivity index (χ4n) is 2.16. The van der Waals surface area contributed by atoms with Crippen LogP contribution in [0, 0.1) is 0 Å². The lowest BCUT2D eigenvalue weighted by Crippen LogP contribution is -2.38. The topological polar surface area (TPSA) is 54.5 Å². The summed E-state index contributed by atoms with van der Waals surface area (Å²) in [6, 6.07) is 10.9. The molecule has 0 unspecified atom stereocenters. The van der Waals surface area contributed by atoms with Gasteiger partial charge in [-0.1, -0.05) is 6.07 Å². The Hall–Kier alpha value is -2.21. The molecule has 0 saturated heterocycles. The molecule has 2 aromatic rings. The highest BCUT2D eigenvalue weighted by Crippen LogP contribution is 2.32. The molecule has 6 heteroatoms. The van der Waals surface area contributed by atoms with E-state index in [0.717, 1.165) is 16.5 Å². The third-order valence-corrected chi connectivity index (χ3v) is 4.14. The molecule has 1 aromatic carbocycles. The fourth-order valence-corrected chi connectivity index (χ4v) is 3.08. The van der Waals surface area contributed by atoms with Gasteiger partial charge < -0.3 is 10.1 Å². The number of carbonyl (C=O) groups excluding carboxylic acids is 1. The number of ether oxygens (including phenoxy) is 1. The molecule has 21 heavy (non-hydrogen) atoms. The van der Waals surface area contributed by atoms with Crippen LogP contribution in [0.2, 0.25) is 0 Å². The number of rotatable bonds is 2. The maximum atomic E-state index is 12.5. The largest absolute Gasteiger partial charge is 0.497 e. The van der Waals surface area contributed by atoms with Crippen LogP contribution >= 0.6 is 11.8 Å². The van der Waals surface area contributed by atoms with Crippen molar-refractivity contribution in [1.29, 1.82) is 0 Å². The molecular weight excluding hydrogens is 286 g/mol. The van der Waals surface area contributed by atoms with E-state index in [0.29, 0.717) is 18.0 Å². The first kappa shape index (κ1) is 13.8. The van der Waals surface area contributed by atoms with E-state index in [9.17, 15) is 4.79 Å². The van der Waals surface area contributed by atoms with Crippen molar-refractivity contribution in [2.24, 2.45) is 0 Å². The quantitative estimate of drug-likeness (QED) is 0.925. The number of fused-ring (bicyclic) bond motifs is 1. The second-order valence-electron chi connectivity index (χ2n) is 4.49. The molecule has 2 amide bonds. The second-order valence-corrected chi connectivity index (χ2v) is 5.57. The van der Waals surface area contributed by atoms with Gasteiger partial charge in [0.05, 0.1) is 12.8 Å². The highest BCUT2D eigenvalue weighted by atomic mass is 32.2. The molecule has 5 nitrogen and oxygen atoms in total. The average Bonchev–Trinajstić information content (AvgIpc) is 2.54. The molecule has 0 radical (unpaired) electrons. The van der Waals surface area contributed by atoms with E-state index in [1.54, 1.807) is 36.0 Å². The SMILES string of the molecule is COc1cccc(NC(=O)N2CCSc3ncccc32)c1. The highest BCUT2D eigenvalue weighted by Gasteiger charge is 2.23. The summed E-state index contributed by atoms with van der Waals surface area (Å²) in [5, 5.41) is 3.79. The van der Waals surface area contributed by atoms with Gasteiger partial charge in [0.15, 0.2) is 0 Å². The van der Waals surface area contributed by atoms with Crippen LogP contribution in [0.5, 0.6) is 5.75 Å². The van der Waals surface area contributed by atoms with Gasteiger partial charge in [-0.05, 0) is 24.3 Å². The van der Waals surface area contributed by atoms with Crippen molar-refractivity contribution in [2.75, 3.05) is 29.6 Å². The van der Waals surface area contributed by atoms with Gasteiger partial charge in [0, 0.05) is 30.2 Å². The number of carbonyl (C=O) groups is 1. The van der Waals surface area contributed by atoms with Gasteiger partial charge in [-0.2, -0.15) is 0 Å². The van der Waals surface area contributed by atoms with E-state index in [2.05, 4.69) is 10.3 Å². The molecule has 0 bridgehead atoms. The first-order valence-electron chi connectivity index (χ1n) is 6.58. The molecular formula is C15H15N3O2S. The van der Waals surface area contributed by atoms with Crippen LogP contribution in [0.4, 0.5) is 16.2 Å². The lowest BCUT2D eigenvalue weighted by atomic mass is 10.3. The Labute approximate surface area is 127 Å². The Morgan fingerprint density at radius 3 is 3.14 bits per heavy atom. The number of nitrogens with zero attached hydrogens (tertiary/aromatic N) is 2. The monoisotopic (exact) mass is 301 g/mol. The molecule has 0 atom stereocenters. The van der Waals surface area contributed by atoms with Crippen molar-refractivity contribution < 1.29 is 9.53 Å². The molecule has 0 spiro atoms. The number of anilines is 2. The molecule has 1 aliphatic heterocycles. The molecule has 3 rings (SSSR count). The van der Waals surface area contributed by atoms with Crippen molar-refractivity contribution in [2.45, 2.75) is 5.03 Å². The normalized spacial score (nSPS) is 13.5. The average molecular weight is 301 g/mol. The third-order valence-electron chi connectivity index (χ3n) is 3.16. The molecule has 2 heterocycles. The molecule has 108 valence electrons. The van der Waals surface area contributed by atoms with E-state index in [1.807, 2.05) is 30.3 Å².